The van der Waals surface area contributed by atoms with Crippen LogP contribution in [-0.4, -0.2) is 91.3 Å². The fraction of sp³-hybridized carbons (Fsp3) is 0.920. The summed E-state index contributed by atoms with van der Waals surface area (Å²) in [4.78, 5) is 24.7. The monoisotopic (exact) mass is 577 g/mol. The van der Waals surface area contributed by atoms with Gasteiger partial charge in [0.1, 0.15) is 5.60 Å². The smallest absolute Gasteiger partial charge is 0.410 e. The Hall–Kier alpha value is -0.770. The molecule has 3 rings (SSSR count). The summed E-state index contributed by atoms with van der Waals surface area (Å²) in [6.45, 7) is 15.0. The van der Waals surface area contributed by atoms with Gasteiger partial charge in [-0.05, 0) is 105 Å². The Labute approximate surface area is 219 Å². The van der Waals surface area contributed by atoms with Crippen molar-refractivity contribution in [3.05, 3.63) is 0 Å². The molecule has 2 heterocycles. The number of guanidine groups is 1. The molecule has 192 valence electrons. The molecule has 1 saturated carbocycles. The molecule has 0 radical (unpaired) electrons. The first kappa shape index (κ1) is 28.5. The van der Waals surface area contributed by atoms with Crippen molar-refractivity contribution in [2.45, 2.75) is 84.3 Å². The van der Waals surface area contributed by atoms with Crippen molar-refractivity contribution in [3.8, 4) is 0 Å². The number of likely N-dealkylation sites (tertiary alicyclic amines) is 2. The van der Waals surface area contributed by atoms with E-state index in [0.29, 0.717) is 5.92 Å². The molecule has 2 aliphatic heterocycles. The van der Waals surface area contributed by atoms with E-state index in [0.717, 1.165) is 57.4 Å². The maximum atomic E-state index is 12.9. The Kier molecular flexibility index (Phi) is 11.5. The zero-order valence-electron chi connectivity index (χ0n) is 21.6. The zero-order chi connectivity index (χ0) is 23.1. The van der Waals surface area contributed by atoms with Gasteiger partial charge < -0.3 is 24.8 Å². The maximum absolute atomic E-state index is 12.9. The molecule has 0 unspecified atom stereocenters. The van der Waals surface area contributed by atoms with Crippen LogP contribution in [0.5, 0.6) is 0 Å². The van der Waals surface area contributed by atoms with Crippen molar-refractivity contribution in [2.75, 3.05) is 52.9 Å². The van der Waals surface area contributed by atoms with Gasteiger partial charge in [-0.25, -0.2) is 4.79 Å². The van der Waals surface area contributed by atoms with Gasteiger partial charge in [0.05, 0.1) is 0 Å². The van der Waals surface area contributed by atoms with Crippen LogP contribution in [0, 0.1) is 11.8 Å². The van der Waals surface area contributed by atoms with E-state index in [1.807, 2.05) is 25.7 Å². The van der Waals surface area contributed by atoms with Crippen LogP contribution in [0.1, 0.15) is 72.6 Å². The molecular weight excluding hydrogens is 529 g/mol. The highest BCUT2D eigenvalue weighted by atomic mass is 127. The molecule has 0 aromatic heterocycles. The first-order valence-corrected chi connectivity index (χ1v) is 13.0. The van der Waals surface area contributed by atoms with E-state index >= 15 is 0 Å². The predicted octanol–water partition coefficient (Wildman–Crippen LogP) is 4.41. The Balaban J connectivity index is 0.00000385. The van der Waals surface area contributed by atoms with Crippen molar-refractivity contribution in [3.63, 3.8) is 0 Å². The summed E-state index contributed by atoms with van der Waals surface area (Å²) in [5, 5.41) is 3.50. The van der Waals surface area contributed by atoms with Gasteiger partial charge in [0.25, 0.3) is 0 Å². The summed E-state index contributed by atoms with van der Waals surface area (Å²) >= 11 is 0. The highest BCUT2D eigenvalue weighted by Gasteiger charge is 2.35. The molecule has 3 fully saturated rings. The highest BCUT2D eigenvalue weighted by Crippen LogP contribution is 2.32. The third-order valence-electron chi connectivity index (χ3n) is 6.96. The lowest BCUT2D eigenvalue weighted by atomic mass is 9.94. The topological polar surface area (TPSA) is 60.4 Å². The van der Waals surface area contributed by atoms with Crippen LogP contribution in [0.4, 0.5) is 4.79 Å². The van der Waals surface area contributed by atoms with Gasteiger partial charge >= 0.3 is 6.09 Å². The van der Waals surface area contributed by atoms with Crippen molar-refractivity contribution >= 4 is 36.0 Å². The van der Waals surface area contributed by atoms with Crippen molar-refractivity contribution in [1.82, 2.24) is 20.0 Å². The predicted molar refractivity (Wildman–Crippen MR) is 146 cm³/mol. The molecule has 1 aliphatic carbocycles. The lowest BCUT2D eigenvalue weighted by molar-refractivity contribution is 0.00928. The number of carbonyl (C=O) groups excluding carboxylic acids is 1. The third-order valence-corrected chi connectivity index (χ3v) is 6.96. The zero-order valence-corrected chi connectivity index (χ0v) is 24.0. The number of aliphatic imine (C=N–C) groups is 1. The largest absolute Gasteiger partial charge is 0.444 e. The number of nitrogens with zero attached hydrogens (tertiary/aromatic N) is 4. The second-order valence-electron chi connectivity index (χ2n) is 11.1. The van der Waals surface area contributed by atoms with Crippen molar-refractivity contribution in [2.24, 2.45) is 16.8 Å². The quantitative estimate of drug-likeness (QED) is 0.276. The van der Waals surface area contributed by atoms with Crippen LogP contribution in [0.15, 0.2) is 4.99 Å². The Bertz CT molecular complexity index is 619. The van der Waals surface area contributed by atoms with E-state index in [-0.39, 0.29) is 36.1 Å². The normalized spacial score (nSPS) is 21.5. The molecule has 0 bridgehead atoms. The number of halogens is 1. The molecule has 1 N–H and O–H groups in total. The second-order valence-corrected chi connectivity index (χ2v) is 11.1. The van der Waals surface area contributed by atoms with Crippen molar-refractivity contribution in [1.29, 1.82) is 0 Å². The summed E-state index contributed by atoms with van der Waals surface area (Å²) in [5.41, 5.74) is -0.446. The lowest BCUT2D eigenvalue weighted by Gasteiger charge is -2.40. The average molecular weight is 578 g/mol. The Morgan fingerprint density at radius 1 is 1.03 bits per heavy atom. The van der Waals surface area contributed by atoms with Crippen LogP contribution in [-0.2, 0) is 4.74 Å². The first-order valence-electron chi connectivity index (χ1n) is 13.0. The van der Waals surface area contributed by atoms with Crippen molar-refractivity contribution < 1.29 is 9.53 Å². The van der Waals surface area contributed by atoms with Crippen LogP contribution in [0.25, 0.3) is 0 Å². The van der Waals surface area contributed by atoms with Gasteiger partial charge in [-0.1, -0.05) is 0 Å². The lowest BCUT2D eigenvalue weighted by Crippen LogP contribution is -2.52. The molecule has 0 aromatic carbocycles. The number of amides is 1. The minimum atomic E-state index is -0.446. The third kappa shape index (κ3) is 9.78. The van der Waals surface area contributed by atoms with Gasteiger partial charge in [0, 0.05) is 38.8 Å². The van der Waals surface area contributed by atoms with Crippen LogP contribution < -0.4 is 5.32 Å². The molecule has 1 amide bonds. The van der Waals surface area contributed by atoms with Crippen LogP contribution >= 0.6 is 24.0 Å². The second kappa shape index (κ2) is 13.4. The van der Waals surface area contributed by atoms with E-state index in [9.17, 15) is 4.79 Å². The molecule has 3 aliphatic rings. The van der Waals surface area contributed by atoms with Gasteiger partial charge in [0.15, 0.2) is 5.96 Å². The number of piperidine rings is 2. The van der Waals surface area contributed by atoms with Gasteiger partial charge in [-0.2, -0.15) is 0 Å². The van der Waals surface area contributed by atoms with Gasteiger partial charge in [0.2, 0.25) is 0 Å². The molecule has 7 nitrogen and oxygen atoms in total. The van der Waals surface area contributed by atoms with E-state index in [1.165, 1.54) is 45.2 Å². The molecule has 0 spiro atoms. The number of carbonyl (C=O) groups is 1. The molecule has 0 atom stereocenters. The minimum Gasteiger partial charge on any atom is -0.444 e. The summed E-state index contributed by atoms with van der Waals surface area (Å²) in [7, 11) is 2.22. The summed E-state index contributed by atoms with van der Waals surface area (Å²) in [5.74, 6) is 2.53. The molecule has 2 saturated heterocycles. The number of rotatable bonds is 7. The maximum Gasteiger partial charge on any atom is 0.410 e. The fourth-order valence-electron chi connectivity index (χ4n) is 4.79. The Morgan fingerprint density at radius 2 is 1.67 bits per heavy atom. The molecular formula is C25H48IN5O2. The number of nitrogens with one attached hydrogen (secondary N) is 1. The number of ether oxygens (including phenoxy) is 1. The average Bonchev–Trinajstić information content (AvgIpc) is 3.56. The van der Waals surface area contributed by atoms with E-state index in [1.54, 1.807) is 0 Å². The number of hydrogen-bond acceptors (Lipinski definition) is 4. The minimum absolute atomic E-state index is 0. The van der Waals surface area contributed by atoms with E-state index in [2.05, 4.69) is 29.1 Å². The van der Waals surface area contributed by atoms with Crippen LogP contribution in [0.2, 0.25) is 0 Å². The summed E-state index contributed by atoms with van der Waals surface area (Å²) in [6.07, 6.45) is 8.09. The summed E-state index contributed by atoms with van der Waals surface area (Å²) < 4.78 is 5.75. The first-order chi connectivity index (χ1) is 15.2. The standard InChI is InChI=1S/C25H47N5O2.HI/c1-6-26-23(27-14-9-20-10-15-28(5)16-11-20)29-17-12-22(13-18-29)30(19-21-7-8-21)24(31)32-25(2,3)4;/h20-22H,6-19H2,1-5H3,(H,26,27);1H. The van der Waals surface area contributed by atoms with E-state index in [4.69, 9.17) is 9.73 Å². The van der Waals surface area contributed by atoms with Crippen LogP contribution in [0.3, 0.4) is 0 Å². The van der Waals surface area contributed by atoms with Gasteiger partial charge in [-0.3, -0.25) is 4.99 Å². The molecule has 0 aromatic rings. The van der Waals surface area contributed by atoms with E-state index < -0.39 is 5.60 Å². The molecule has 33 heavy (non-hydrogen) atoms. The fourth-order valence-corrected chi connectivity index (χ4v) is 4.79. The highest BCUT2D eigenvalue weighted by molar-refractivity contribution is 14.0. The van der Waals surface area contributed by atoms with Gasteiger partial charge in [-0.15, -0.1) is 24.0 Å². The SMILES string of the molecule is CCNC(=NCCC1CCN(C)CC1)N1CCC(N(CC2CC2)C(=O)OC(C)(C)C)CC1.I. The molecule has 8 heteroatoms. The Morgan fingerprint density at radius 3 is 2.21 bits per heavy atom. The summed E-state index contributed by atoms with van der Waals surface area (Å²) in [6, 6.07) is 0.267. The number of hydrogen-bond donors (Lipinski definition) is 1.